The summed E-state index contributed by atoms with van der Waals surface area (Å²) >= 11 is 1.28. The van der Waals surface area contributed by atoms with Crippen LogP contribution < -0.4 is 10.2 Å². The second-order valence-corrected chi connectivity index (χ2v) is 7.69. The number of carbonyl (C=O) groups excluding carboxylic acids is 2. The molecule has 1 aromatic rings. The van der Waals surface area contributed by atoms with E-state index in [2.05, 4.69) is 12.2 Å². The van der Waals surface area contributed by atoms with Gasteiger partial charge in [0.25, 0.3) is 0 Å². The van der Waals surface area contributed by atoms with Crippen LogP contribution in [0.3, 0.4) is 0 Å². The normalized spacial score (nSPS) is 11.4. The maximum Gasteiger partial charge on any atom is 0.249 e. The molecule has 1 atom stereocenters. The summed E-state index contributed by atoms with van der Waals surface area (Å²) in [4.78, 5) is 27.4. The standard InChI is InChI=1S/C22H32N2O4S/c1-2-3-4-5-6-7-8-9-10-11-16-29-28-27-21-14-12-20(13-15-21)24-22(26)19(17-23)18-25/h12-15,18-19H,2-11,16H2,1H3,(H,24,26). The summed E-state index contributed by atoms with van der Waals surface area (Å²) in [5, 5.41) is 11.2. The van der Waals surface area contributed by atoms with Gasteiger partial charge in [0.2, 0.25) is 5.91 Å². The Hall–Kier alpha value is -2.04. The zero-order valence-electron chi connectivity index (χ0n) is 17.2. The molecule has 1 unspecified atom stereocenters. The number of amides is 1. The van der Waals surface area contributed by atoms with Crippen LogP contribution >= 0.6 is 12.0 Å². The average Bonchev–Trinajstić information content (AvgIpc) is 2.73. The predicted octanol–water partition coefficient (Wildman–Crippen LogP) is 5.84. The predicted molar refractivity (Wildman–Crippen MR) is 116 cm³/mol. The van der Waals surface area contributed by atoms with Crippen molar-refractivity contribution in [3.63, 3.8) is 0 Å². The molecule has 0 radical (unpaired) electrons. The van der Waals surface area contributed by atoms with Crippen LogP contribution in [-0.4, -0.2) is 17.9 Å². The van der Waals surface area contributed by atoms with Crippen molar-refractivity contribution in [2.75, 3.05) is 11.1 Å². The fourth-order valence-electron chi connectivity index (χ4n) is 2.71. The van der Waals surface area contributed by atoms with E-state index in [4.69, 9.17) is 14.5 Å². The number of rotatable bonds is 17. The second-order valence-electron chi connectivity index (χ2n) is 6.91. The Bertz CT molecular complexity index is 616. The Morgan fingerprint density at radius 1 is 1.07 bits per heavy atom. The van der Waals surface area contributed by atoms with Crippen molar-refractivity contribution in [1.82, 2.24) is 0 Å². The lowest BCUT2D eigenvalue weighted by atomic mass is 10.1. The van der Waals surface area contributed by atoms with Gasteiger partial charge >= 0.3 is 0 Å². The third-order valence-corrected chi connectivity index (χ3v) is 5.06. The number of anilines is 1. The molecule has 1 rings (SSSR count). The Balaban J connectivity index is 2.03. The molecule has 160 valence electrons. The highest BCUT2D eigenvalue weighted by molar-refractivity contribution is 7.94. The molecule has 1 amide bonds. The topological polar surface area (TPSA) is 88.4 Å². The van der Waals surface area contributed by atoms with E-state index in [0.29, 0.717) is 17.7 Å². The SMILES string of the molecule is CCCCCCCCCCCCSOOc1ccc(NC(=O)C(C#N)C=O)cc1. The van der Waals surface area contributed by atoms with Gasteiger partial charge in [-0.25, -0.2) is 0 Å². The van der Waals surface area contributed by atoms with Crippen molar-refractivity contribution < 1.29 is 18.8 Å². The van der Waals surface area contributed by atoms with Crippen molar-refractivity contribution in [2.45, 2.75) is 71.1 Å². The first-order valence-electron chi connectivity index (χ1n) is 10.4. The lowest BCUT2D eigenvalue weighted by Crippen LogP contribution is -2.22. The summed E-state index contributed by atoms with van der Waals surface area (Å²) in [6.07, 6.45) is 13.4. The number of hydrogen-bond donors (Lipinski definition) is 1. The molecule has 0 fully saturated rings. The van der Waals surface area contributed by atoms with Crippen LogP contribution in [0.25, 0.3) is 0 Å². The summed E-state index contributed by atoms with van der Waals surface area (Å²) in [5.41, 5.74) is 0.475. The zero-order chi connectivity index (χ0) is 21.2. The third kappa shape index (κ3) is 12.2. The van der Waals surface area contributed by atoms with Gasteiger partial charge in [0.1, 0.15) is 6.29 Å². The van der Waals surface area contributed by atoms with Crippen LogP contribution in [0.4, 0.5) is 5.69 Å². The number of unbranched alkanes of at least 4 members (excludes halogenated alkanes) is 9. The number of benzene rings is 1. The number of nitrogens with zero attached hydrogens (tertiary/aromatic N) is 1. The molecule has 0 aliphatic heterocycles. The van der Waals surface area contributed by atoms with E-state index in [9.17, 15) is 9.59 Å². The maximum absolute atomic E-state index is 11.6. The number of hydrogen-bond acceptors (Lipinski definition) is 6. The van der Waals surface area contributed by atoms with E-state index in [0.717, 1.165) is 12.2 Å². The Morgan fingerprint density at radius 3 is 2.21 bits per heavy atom. The van der Waals surface area contributed by atoms with Gasteiger partial charge in [-0.1, -0.05) is 64.7 Å². The van der Waals surface area contributed by atoms with Gasteiger partial charge in [-0.2, -0.15) is 5.26 Å². The van der Waals surface area contributed by atoms with Gasteiger partial charge < -0.3 is 15.0 Å². The first kappa shape index (κ1) is 25.0. The lowest BCUT2D eigenvalue weighted by Gasteiger charge is -2.07. The monoisotopic (exact) mass is 420 g/mol. The first-order valence-corrected chi connectivity index (χ1v) is 11.3. The van der Waals surface area contributed by atoms with E-state index >= 15 is 0 Å². The van der Waals surface area contributed by atoms with E-state index in [1.807, 2.05) is 0 Å². The summed E-state index contributed by atoms with van der Waals surface area (Å²) in [5.74, 6) is -0.576. The molecule has 1 N–H and O–H groups in total. The quantitative estimate of drug-likeness (QED) is 0.0850. The molecular formula is C22H32N2O4S. The summed E-state index contributed by atoms with van der Waals surface area (Å²) in [6.45, 7) is 2.25. The number of nitriles is 1. The van der Waals surface area contributed by atoms with Crippen molar-refractivity contribution in [3.8, 4) is 11.8 Å². The smallest absolute Gasteiger partial charge is 0.249 e. The molecule has 0 aromatic heterocycles. The van der Waals surface area contributed by atoms with Gasteiger partial charge in [0.15, 0.2) is 11.7 Å². The second kappa shape index (κ2) is 16.9. The minimum Gasteiger partial charge on any atom is -0.325 e. The molecule has 0 saturated heterocycles. The van der Waals surface area contributed by atoms with Crippen molar-refractivity contribution in [2.24, 2.45) is 5.92 Å². The molecule has 0 saturated carbocycles. The van der Waals surface area contributed by atoms with Crippen molar-refractivity contribution in [1.29, 1.82) is 5.26 Å². The van der Waals surface area contributed by atoms with Gasteiger partial charge in [-0.05, 0) is 30.7 Å². The Labute approximate surface area is 178 Å². The molecule has 0 spiro atoms. The molecule has 7 heteroatoms. The van der Waals surface area contributed by atoms with Crippen LogP contribution in [0, 0.1) is 17.2 Å². The van der Waals surface area contributed by atoms with E-state index in [1.165, 1.54) is 69.8 Å². The van der Waals surface area contributed by atoms with E-state index in [1.54, 1.807) is 30.3 Å². The largest absolute Gasteiger partial charge is 0.325 e. The van der Waals surface area contributed by atoms with Crippen LogP contribution in [0.1, 0.15) is 71.1 Å². The molecule has 0 heterocycles. The maximum atomic E-state index is 11.6. The highest BCUT2D eigenvalue weighted by Gasteiger charge is 2.16. The van der Waals surface area contributed by atoms with Gasteiger partial charge in [-0.3, -0.25) is 4.79 Å². The van der Waals surface area contributed by atoms with Gasteiger partial charge in [-0.15, -0.1) is 4.33 Å². The summed E-state index contributed by atoms with van der Waals surface area (Å²) in [7, 11) is 0. The summed E-state index contributed by atoms with van der Waals surface area (Å²) < 4.78 is 5.14. The van der Waals surface area contributed by atoms with E-state index in [-0.39, 0.29) is 0 Å². The molecule has 29 heavy (non-hydrogen) atoms. The fraction of sp³-hybridized carbons (Fsp3) is 0.591. The third-order valence-electron chi connectivity index (χ3n) is 4.44. The van der Waals surface area contributed by atoms with Crippen LogP contribution in [-0.2, 0) is 13.9 Å². The van der Waals surface area contributed by atoms with Crippen LogP contribution in [0.15, 0.2) is 24.3 Å². The number of aldehydes is 1. The van der Waals surface area contributed by atoms with E-state index < -0.39 is 11.8 Å². The molecule has 0 aliphatic carbocycles. The lowest BCUT2D eigenvalue weighted by molar-refractivity contribution is -0.122. The van der Waals surface area contributed by atoms with Gasteiger partial charge in [0.05, 0.1) is 6.07 Å². The molecule has 0 bridgehead atoms. The van der Waals surface area contributed by atoms with Crippen LogP contribution in [0.2, 0.25) is 0 Å². The minimum absolute atomic E-state index is 0.312. The van der Waals surface area contributed by atoms with Gasteiger partial charge in [0, 0.05) is 23.5 Å². The highest BCUT2D eigenvalue weighted by atomic mass is 32.2. The zero-order valence-corrected chi connectivity index (χ0v) is 18.0. The molecule has 0 aliphatic rings. The molecular weight excluding hydrogens is 388 g/mol. The summed E-state index contributed by atoms with van der Waals surface area (Å²) in [6, 6.07) is 8.13. The molecule has 1 aromatic carbocycles. The number of carbonyl (C=O) groups is 2. The minimum atomic E-state index is -1.31. The van der Waals surface area contributed by atoms with Crippen molar-refractivity contribution >= 4 is 29.9 Å². The first-order chi connectivity index (χ1) is 14.2. The Kier molecular flexibility index (Phi) is 14.5. The highest BCUT2D eigenvalue weighted by Crippen LogP contribution is 2.19. The fourth-order valence-corrected chi connectivity index (χ4v) is 3.23. The van der Waals surface area contributed by atoms with Crippen LogP contribution in [0.5, 0.6) is 5.75 Å². The average molecular weight is 421 g/mol. The number of nitrogens with one attached hydrogen (secondary N) is 1. The Morgan fingerprint density at radius 2 is 1.66 bits per heavy atom. The molecule has 6 nitrogen and oxygen atoms in total. The van der Waals surface area contributed by atoms with Crippen molar-refractivity contribution in [3.05, 3.63) is 24.3 Å².